The van der Waals surface area contributed by atoms with Gasteiger partial charge in [0.05, 0.1) is 16.6 Å². The molecule has 3 rings (SSSR count). The van der Waals surface area contributed by atoms with Crippen LogP contribution in [0.25, 0.3) is 0 Å². The molecular weight excluding hydrogens is 429 g/mol. The molecule has 1 aromatic carbocycles. The number of carbonyl (C=O) groups is 2. The first kappa shape index (κ1) is 22.0. The largest absolute Gasteiger partial charge is 0.416 e. The fraction of sp³-hybridized carbons (Fsp3) is 0.143. The Morgan fingerprint density at radius 3 is 2.55 bits per heavy atom. The molecule has 0 atom stereocenters. The molecule has 0 saturated heterocycles. The SMILES string of the molecule is CC(=O)Nc1ncc(C#Cc2cc(C(=O)Nc3cc(C(F)(F)F)ccn3)ccc2C)s1. The molecular formula is C21H15F3N4O2S. The monoisotopic (exact) mass is 444 g/mol. The zero-order valence-electron chi connectivity index (χ0n) is 16.3. The number of aryl methyl sites for hydroxylation is 1. The number of benzene rings is 1. The van der Waals surface area contributed by atoms with Gasteiger partial charge in [-0.3, -0.25) is 9.59 Å². The molecule has 0 saturated carbocycles. The van der Waals surface area contributed by atoms with Gasteiger partial charge in [0.15, 0.2) is 5.13 Å². The molecule has 0 radical (unpaired) electrons. The van der Waals surface area contributed by atoms with E-state index in [9.17, 15) is 22.8 Å². The van der Waals surface area contributed by atoms with Gasteiger partial charge < -0.3 is 10.6 Å². The van der Waals surface area contributed by atoms with Crippen molar-refractivity contribution in [3.8, 4) is 11.8 Å². The van der Waals surface area contributed by atoms with Crippen molar-refractivity contribution in [2.24, 2.45) is 0 Å². The number of aromatic nitrogens is 2. The summed E-state index contributed by atoms with van der Waals surface area (Å²) in [5.74, 6) is 4.82. The molecule has 0 aliphatic carbocycles. The summed E-state index contributed by atoms with van der Waals surface area (Å²) in [6.07, 6.45) is -2.03. The minimum Gasteiger partial charge on any atom is -0.307 e. The predicted octanol–water partition coefficient (Wildman–Crippen LogP) is 4.48. The minimum absolute atomic E-state index is 0.205. The fourth-order valence-corrected chi connectivity index (χ4v) is 3.15. The molecule has 31 heavy (non-hydrogen) atoms. The molecule has 158 valence electrons. The van der Waals surface area contributed by atoms with E-state index in [0.29, 0.717) is 15.6 Å². The van der Waals surface area contributed by atoms with Crippen LogP contribution in [0, 0.1) is 18.8 Å². The number of thiazole rings is 1. The summed E-state index contributed by atoms with van der Waals surface area (Å²) in [5.41, 5.74) is 0.695. The predicted molar refractivity (Wildman–Crippen MR) is 111 cm³/mol. The van der Waals surface area contributed by atoms with Crippen molar-refractivity contribution in [2.45, 2.75) is 20.0 Å². The first-order chi connectivity index (χ1) is 14.6. The van der Waals surface area contributed by atoms with Gasteiger partial charge in [0.1, 0.15) is 5.82 Å². The van der Waals surface area contributed by atoms with E-state index < -0.39 is 17.6 Å². The molecule has 0 spiro atoms. The molecule has 6 nitrogen and oxygen atoms in total. The van der Waals surface area contributed by atoms with Crippen LogP contribution in [0.1, 0.15) is 38.8 Å². The summed E-state index contributed by atoms with van der Waals surface area (Å²) < 4.78 is 38.5. The van der Waals surface area contributed by atoms with Crippen molar-refractivity contribution < 1.29 is 22.8 Å². The molecule has 0 aliphatic rings. The van der Waals surface area contributed by atoms with Gasteiger partial charge in [0.2, 0.25) is 5.91 Å². The minimum atomic E-state index is -4.54. The number of amides is 2. The number of halogens is 3. The standard InChI is InChI=1S/C21H15F3N4O2S/c1-12-3-4-15(19(30)28-18-10-16(7-8-25-18)21(22,23)24)9-14(12)5-6-17-11-26-20(31-17)27-13(2)29/h3-4,7-11H,1-2H3,(H,25,28,30)(H,26,27,29). The highest BCUT2D eigenvalue weighted by Crippen LogP contribution is 2.30. The Bertz CT molecular complexity index is 1210. The summed E-state index contributed by atoms with van der Waals surface area (Å²) in [5, 5.41) is 5.36. The van der Waals surface area contributed by atoms with Gasteiger partial charge in [-0.05, 0) is 42.7 Å². The molecule has 0 fully saturated rings. The van der Waals surface area contributed by atoms with Crippen molar-refractivity contribution in [3.05, 3.63) is 69.9 Å². The lowest BCUT2D eigenvalue weighted by molar-refractivity contribution is -0.137. The number of carbonyl (C=O) groups excluding carboxylic acids is 2. The Morgan fingerprint density at radius 1 is 1.06 bits per heavy atom. The van der Waals surface area contributed by atoms with Crippen LogP contribution in [0.15, 0.2) is 42.7 Å². The van der Waals surface area contributed by atoms with Crippen molar-refractivity contribution >= 4 is 34.1 Å². The lowest BCUT2D eigenvalue weighted by atomic mass is 10.0. The molecule has 0 aliphatic heterocycles. The summed E-state index contributed by atoms with van der Waals surface area (Å²) in [6.45, 7) is 3.19. The Morgan fingerprint density at radius 2 is 1.84 bits per heavy atom. The van der Waals surface area contributed by atoms with Crippen molar-refractivity contribution in [3.63, 3.8) is 0 Å². The third-order valence-corrected chi connectivity index (χ3v) is 4.77. The van der Waals surface area contributed by atoms with Gasteiger partial charge >= 0.3 is 6.18 Å². The summed E-state index contributed by atoms with van der Waals surface area (Å²) in [6, 6.07) is 6.37. The van der Waals surface area contributed by atoms with Crippen LogP contribution in [-0.4, -0.2) is 21.8 Å². The second-order valence-corrected chi connectivity index (χ2v) is 7.40. The zero-order chi connectivity index (χ0) is 22.6. The lowest BCUT2D eigenvalue weighted by Crippen LogP contribution is -2.14. The summed E-state index contributed by atoms with van der Waals surface area (Å²) in [4.78, 5) is 32.0. The van der Waals surface area contributed by atoms with Crippen LogP contribution < -0.4 is 10.6 Å². The summed E-state index contributed by atoms with van der Waals surface area (Å²) in [7, 11) is 0. The van der Waals surface area contributed by atoms with Crippen LogP contribution in [0.5, 0.6) is 0 Å². The van der Waals surface area contributed by atoms with E-state index in [0.717, 1.165) is 23.9 Å². The molecule has 2 aromatic heterocycles. The number of rotatable bonds is 3. The van der Waals surface area contributed by atoms with E-state index in [2.05, 4.69) is 32.4 Å². The third-order valence-electron chi connectivity index (χ3n) is 3.94. The number of nitrogens with one attached hydrogen (secondary N) is 2. The smallest absolute Gasteiger partial charge is 0.307 e. The van der Waals surface area contributed by atoms with Crippen molar-refractivity contribution in [1.82, 2.24) is 9.97 Å². The highest BCUT2D eigenvalue weighted by Gasteiger charge is 2.30. The second-order valence-electron chi connectivity index (χ2n) is 6.37. The number of nitrogens with zero attached hydrogens (tertiary/aromatic N) is 2. The van der Waals surface area contributed by atoms with E-state index >= 15 is 0 Å². The highest BCUT2D eigenvalue weighted by molar-refractivity contribution is 7.16. The van der Waals surface area contributed by atoms with E-state index in [1.165, 1.54) is 24.5 Å². The topological polar surface area (TPSA) is 84.0 Å². The maximum absolute atomic E-state index is 12.8. The average molecular weight is 444 g/mol. The van der Waals surface area contributed by atoms with Gasteiger partial charge in [-0.1, -0.05) is 23.3 Å². The first-order valence-electron chi connectivity index (χ1n) is 8.82. The molecule has 2 amide bonds. The Hall–Kier alpha value is -3.71. The van der Waals surface area contributed by atoms with Crippen LogP contribution in [0.2, 0.25) is 0 Å². The maximum Gasteiger partial charge on any atom is 0.416 e. The summed E-state index contributed by atoms with van der Waals surface area (Å²) >= 11 is 1.21. The molecule has 0 unspecified atom stereocenters. The van der Waals surface area contributed by atoms with Crippen LogP contribution >= 0.6 is 11.3 Å². The molecule has 0 bridgehead atoms. The fourth-order valence-electron chi connectivity index (χ4n) is 2.43. The Labute approximate surface area is 179 Å². The average Bonchev–Trinajstić information content (AvgIpc) is 3.13. The molecule has 2 N–H and O–H groups in total. The zero-order valence-corrected chi connectivity index (χ0v) is 17.1. The van der Waals surface area contributed by atoms with Gasteiger partial charge in [-0.25, -0.2) is 9.97 Å². The maximum atomic E-state index is 12.8. The second kappa shape index (κ2) is 8.97. The van der Waals surface area contributed by atoms with Gasteiger partial charge in [-0.15, -0.1) is 0 Å². The molecule has 10 heteroatoms. The number of hydrogen-bond acceptors (Lipinski definition) is 5. The van der Waals surface area contributed by atoms with E-state index in [1.54, 1.807) is 18.2 Å². The van der Waals surface area contributed by atoms with Crippen molar-refractivity contribution in [2.75, 3.05) is 10.6 Å². The Balaban J connectivity index is 1.79. The van der Waals surface area contributed by atoms with E-state index in [4.69, 9.17) is 0 Å². The van der Waals surface area contributed by atoms with E-state index in [-0.39, 0.29) is 17.3 Å². The highest BCUT2D eigenvalue weighted by atomic mass is 32.1. The van der Waals surface area contributed by atoms with Gasteiger partial charge in [0.25, 0.3) is 5.91 Å². The normalized spacial score (nSPS) is 10.7. The van der Waals surface area contributed by atoms with Crippen LogP contribution in [-0.2, 0) is 11.0 Å². The number of hydrogen-bond donors (Lipinski definition) is 2. The first-order valence-corrected chi connectivity index (χ1v) is 9.64. The number of anilines is 2. The van der Waals surface area contributed by atoms with E-state index in [1.807, 2.05) is 6.92 Å². The number of alkyl halides is 3. The van der Waals surface area contributed by atoms with Gasteiger partial charge in [-0.2, -0.15) is 13.2 Å². The van der Waals surface area contributed by atoms with Crippen LogP contribution in [0.4, 0.5) is 24.1 Å². The number of pyridine rings is 1. The van der Waals surface area contributed by atoms with Crippen LogP contribution in [0.3, 0.4) is 0 Å². The quantitative estimate of drug-likeness (QED) is 0.584. The van der Waals surface area contributed by atoms with Gasteiger partial charge in [0, 0.05) is 24.2 Å². The van der Waals surface area contributed by atoms with Crippen molar-refractivity contribution in [1.29, 1.82) is 0 Å². The Kier molecular flexibility index (Phi) is 6.36. The molecule has 2 heterocycles. The molecule has 3 aromatic rings. The lowest BCUT2D eigenvalue weighted by Gasteiger charge is -2.09. The third kappa shape index (κ3) is 5.90.